The van der Waals surface area contributed by atoms with Gasteiger partial charge in [-0.25, -0.2) is 0 Å². The van der Waals surface area contributed by atoms with Gasteiger partial charge in [-0.3, -0.25) is 14.3 Å². The highest BCUT2D eigenvalue weighted by Gasteiger charge is 2.20. The van der Waals surface area contributed by atoms with Crippen LogP contribution in [0.5, 0.6) is 0 Å². The van der Waals surface area contributed by atoms with E-state index in [0.717, 1.165) is 0 Å². The number of nitrogens with zero attached hydrogens (tertiary/aromatic N) is 2. The van der Waals surface area contributed by atoms with E-state index >= 15 is 0 Å². The lowest BCUT2D eigenvalue weighted by molar-refractivity contribution is -0.137. The zero-order valence-corrected chi connectivity index (χ0v) is 13.0. The standard InChI is InChI=1S/C15H16ClN3O3/c1-9-7-13(19(2)18-9)15(22)17-12(8-14(20)21)10-3-5-11(16)6-4-10/h3-7,12H,8H2,1-2H3,(H,17,22)(H,20,21)/t12-/m0/s1. The van der Waals surface area contributed by atoms with Gasteiger partial charge in [0.1, 0.15) is 5.69 Å². The highest BCUT2D eigenvalue weighted by molar-refractivity contribution is 6.30. The molecule has 0 aliphatic rings. The Morgan fingerprint density at radius 2 is 2.00 bits per heavy atom. The number of hydrogen-bond acceptors (Lipinski definition) is 3. The Kier molecular flexibility index (Phi) is 4.82. The highest BCUT2D eigenvalue weighted by atomic mass is 35.5. The lowest BCUT2D eigenvalue weighted by atomic mass is 10.0. The maximum atomic E-state index is 12.3. The molecule has 0 spiro atoms. The minimum Gasteiger partial charge on any atom is -0.481 e. The summed E-state index contributed by atoms with van der Waals surface area (Å²) in [5, 5.41) is 16.4. The number of carbonyl (C=O) groups excluding carboxylic acids is 1. The van der Waals surface area contributed by atoms with Crippen LogP contribution in [0.1, 0.15) is 34.2 Å². The molecule has 1 heterocycles. The largest absolute Gasteiger partial charge is 0.481 e. The fourth-order valence-corrected chi connectivity index (χ4v) is 2.30. The zero-order chi connectivity index (χ0) is 16.3. The number of amides is 1. The maximum Gasteiger partial charge on any atom is 0.305 e. The van der Waals surface area contributed by atoms with Crippen molar-refractivity contribution < 1.29 is 14.7 Å². The second-order valence-corrected chi connectivity index (χ2v) is 5.41. The molecule has 1 atom stereocenters. The van der Waals surface area contributed by atoms with Crippen molar-refractivity contribution in [1.29, 1.82) is 0 Å². The normalized spacial score (nSPS) is 12.0. The predicted molar refractivity (Wildman–Crippen MR) is 81.9 cm³/mol. The molecule has 2 N–H and O–H groups in total. The molecule has 6 nitrogen and oxygen atoms in total. The maximum absolute atomic E-state index is 12.3. The molecule has 1 aromatic carbocycles. The lowest BCUT2D eigenvalue weighted by Gasteiger charge is -2.17. The Hall–Kier alpha value is -2.34. The van der Waals surface area contributed by atoms with Gasteiger partial charge in [-0.15, -0.1) is 0 Å². The summed E-state index contributed by atoms with van der Waals surface area (Å²) in [6, 6.07) is 7.72. The van der Waals surface area contributed by atoms with Gasteiger partial charge in [-0.2, -0.15) is 5.10 Å². The summed E-state index contributed by atoms with van der Waals surface area (Å²) >= 11 is 5.83. The van der Waals surface area contributed by atoms with Gasteiger partial charge in [-0.05, 0) is 30.7 Å². The van der Waals surface area contributed by atoms with E-state index in [1.807, 2.05) is 0 Å². The van der Waals surface area contributed by atoms with Crippen molar-refractivity contribution in [2.75, 3.05) is 0 Å². The Morgan fingerprint density at radius 3 is 2.50 bits per heavy atom. The fraction of sp³-hybridized carbons (Fsp3) is 0.267. The first kappa shape index (κ1) is 16.0. The number of hydrogen-bond donors (Lipinski definition) is 2. The average molecular weight is 322 g/mol. The Labute approximate surface area is 132 Å². The first-order chi connectivity index (χ1) is 10.4. The first-order valence-corrected chi connectivity index (χ1v) is 7.03. The highest BCUT2D eigenvalue weighted by Crippen LogP contribution is 2.20. The third kappa shape index (κ3) is 3.85. The van der Waals surface area contributed by atoms with Crippen molar-refractivity contribution >= 4 is 23.5 Å². The number of aliphatic carboxylic acids is 1. The molecule has 0 aliphatic heterocycles. The van der Waals surface area contributed by atoms with Crippen LogP contribution in [0.15, 0.2) is 30.3 Å². The third-order valence-electron chi connectivity index (χ3n) is 3.19. The molecule has 1 aromatic heterocycles. The van der Waals surface area contributed by atoms with E-state index in [-0.39, 0.29) is 12.3 Å². The molecule has 0 saturated heterocycles. The molecule has 0 aliphatic carbocycles. The molecular weight excluding hydrogens is 306 g/mol. The molecule has 116 valence electrons. The molecule has 0 fully saturated rings. The number of aromatic nitrogens is 2. The average Bonchev–Trinajstić information content (AvgIpc) is 2.77. The SMILES string of the molecule is Cc1cc(C(=O)N[C@@H](CC(=O)O)c2ccc(Cl)cc2)n(C)n1. The van der Waals surface area contributed by atoms with Crippen LogP contribution < -0.4 is 5.32 Å². The summed E-state index contributed by atoms with van der Waals surface area (Å²) in [7, 11) is 1.66. The Balaban J connectivity index is 2.23. The number of benzene rings is 1. The number of carboxylic acid groups (broad SMARTS) is 1. The summed E-state index contributed by atoms with van der Waals surface area (Å²) in [5.41, 5.74) is 1.77. The Morgan fingerprint density at radius 1 is 1.36 bits per heavy atom. The third-order valence-corrected chi connectivity index (χ3v) is 3.44. The number of nitrogens with one attached hydrogen (secondary N) is 1. The number of carboxylic acids is 1. The van der Waals surface area contributed by atoms with E-state index in [1.54, 1.807) is 44.3 Å². The molecule has 2 aromatic rings. The zero-order valence-electron chi connectivity index (χ0n) is 12.2. The van der Waals surface area contributed by atoms with Crippen molar-refractivity contribution in [3.63, 3.8) is 0 Å². The van der Waals surface area contributed by atoms with Crippen molar-refractivity contribution in [1.82, 2.24) is 15.1 Å². The quantitative estimate of drug-likeness (QED) is 0.885. The molecule has 0 radical (unpaired) electrons. The summed E-state index contributed by atoms with van der Waals surface area (Å²) in [6.07, 6.45) is -0.218. The summed E-state index contributed by atoms with van der Waals surface area (Å²) in [4.78, 5) is 23.4. The molecule has 0 saturated carbocycles. The molecule has 0 bridgehead atoms. The van der Waals surface area contributed by atoms with Gasteiger partial charge in [0, 0.05) is 12.1 Å². The van der Waals surface area contributed by atoms with Gasteiger partial charge in [0.05, 0.1) is 18.2 Å². The van der Waals surface area contributed by atoms with E-state index < -0.39 is 12.0 Å². The monoisotopic (exact) mass is 321 g/mol. The second kappa shape index (κ2) is 6.62. The summed E-state index contributed by atoms with van der Waals surface area (Å²) in [5.74, 6) is -1.37. The van der Waals surface area contributed by atoms with Crippen LogP contribution in [0.25, 0.3) is 0 Å². The van der Waals surface area contributed by atoms with Crippen molar-refractivity contribution in [2.45, 2.75) is 19.4 Å². The van der Waals surface area contributed by atoms with Crippen LogP contribution in [-0.2, 0) is 11.8 Å². The van der Waals surface area contributed by atoms with Gasteiger partial charge in [0.15, 0.2) is 0 Å². The van der Waals surface area contributed by atoms with Crippen LogP contribution >= 0.6 is 11.6 Å². The summed E-state index contributed by atoms with van der Waals surface area (Å²) < 4.78 is 1.46. The van der Waals surface area contributed by atoms with Gasteiger partial charge in [-0.1, -0.05) is 23.7 Å². The van der Waals surface area contributed by atoms with Gasteiger partial charge >= 0.3 is 5.97 Å². The van der Waals surface area contributed by atoms with Crippen molar-refractivity contribution in [3.8, 4) is 0 Å². The number of halogens is 1. The minimum atomic E-state index is -0.999. The van der Waals surface area contributed by atoms with Crippen LogP contribution in [-0.4, -0.2) is 26.8 Å². The number of carbonyl (C=O) groups is 2. The van der Waals surface area contributed by atoms with Crippen LogP contribution in [0, 0.1) is 6.92 Å². The fourth-order valence-electron chi connectivity index (χ4n) is 2.18. The molecule has 22 heavy (non-hydrogen) atoms. The van der Waals surface area contributed by atoms with Crippen molar-refractivity contribution in [2.24, 2.45) is 7.05 Å². The topological polar surface area (TPSA) is 84.2 Å². The van der Waals surface area contributed by atoms with Crippen LogP contribution in [0.3, 0.4) is 0 Å². The van der Waals surface area contributed by atoms with Crippen LogP contribution in [0.4, 0.5) is 0 Å². The van der Waals surface area contributed by atoms with Crippen molar-refractivity contribution in [3.05, 3.63) is 52.3 Å². The number of rotatable bonds is 5. The van der Waals surface area contributed by atoms with E-state index in [0.29, 0.717) is 22.0 Å². The van der Waals surface area contributed by atoms with Crippen LogP contribution in [0.2, 0.25) is 5.02 Å². The van der Waals surface area contributed by atoms with E-state index in [2.05, 4.69) is 10.4 Å². The molecule has 2 rings (SSSR count). The van der Waals surface area contributed by atoms with Gasteiger partial charge in [0.2, 0.25) is 0 Å². The molecule has 1 amide bonds. The molecule has 0 unspecified atom stereocenters. The van der Waals surface area contributed by atoms with Gasteiger partial charge in [0.25, 0.3) is 5.91 Å². The van der Waals surface area contributed by atoms with E-state index in [4.69, 9.17) is 16.7 Å². The molecule has 7 heteroatoms. The second-order valence-electron chi connectivity index (χ2n) is 4.97. The predicted octanol–water partition coefficient (Wildman–Crippen LogP) is 2.33. The van der Waals surface area contributed by atoms with Gasteiger partial charge < -0.3 is 10.4 Å². The smallest absolute Gasteiger partial charge is 0.305 e. The minimum absolute atomic E-state index is 0.218. The summed E-state index contributed by atoms with van der Waals surface area (Å²) in [6.45, 7) is 1.78. The lowest BCUT2D eigenvalue weighted by Crippen LogP contribution is -2.31. The van der Waals surface area contributed by atoms with E-state index in [9.17, 15) is 9.59 Å². The number of aryl methyl sites for hydroxylation is 2. The Bertz CT molecular complexity index is 695. The first-order valence-electron chi connectivity index (χ1n) is 6.65. The molecular formula is C15H16ClN3O3. The van der Waals surface area contributed by atoms with E-state index in [1.165, 1.54) is 4.68 Å².